The lowest BCUT2D eigenvalue weighted by atomic mass is 10.0. The van der Waals surface area contributed by atoms with Gasteiger partial charge in [0.15, 0.2) is 0 Å². The molecule has 2 aromatic rings. The molecule has 134 valence electrons. The molecular weight excluding hydrogens is 335 g/mol. The van der Waals surface area contributed by atoms with E-state index in [-0.39, 0.29) is 17.8 Å². The Labute approximate surface area is 153 Å². The Morgan fingerprint density at radius 1 is 1.20 bits per heavy atom. The predicted molar refractivity (Wildman–Crippen MR) is 99.8 cm³/mol. The lowest BCUT2D eigenvalue weighted by molar-refractivity contribution is -0.134. The van der Waals surface area contributed by atoms with Gasteiger partial charge in [0.2, 0.25) is 5.91 Å². The van der Waals surface area contributed by atoms with Crippen LogP contribution in [0.1, 0.15) is 30.7 Å². The molecule has 0 spiro atoms. The van der Waals surface area contributed by atoms with Crippen molar-refractivity contribution in [2.45, 2.75) is 39.4 Å². The van der Waals surface area contributed by atoms with Gasteiger partial charge in [-0.3, -0.25) is 9.69 Å². The Hall–Kier alpha value is -1.72. The van der Waals surface area contributed by atoms with Crippen molar-refractivity contribution in [2.75, 3.05) is 13.1 Å². The lowest BCUT2D eigenvalue weighted by Crippen LogP contribution is -2.45. The lowest BCUT2D eigenvalue weighted by Gasteiger charge is -2.34. The highest BCUT2D eigenvalue weighted by Gasteiger charge is 2.31. The van der Waals surface area contributed by atoms with Gasteiger partial charge in [-0.25, -0.2) is 4.39 Å². The monoisotopic (exact) mass is 360 g/mol. The molecular formula is C20H25FN2OS. The molecule has 25 heavy (non-hydrogen) atoms. The van der Waals surface area contributed by atoms with E-state index in [1.807, 2.05) is 4.90 Å². The zero-order chi connectivity index (χ0) is 17.8. The highest BCUT2D eigenvalue weighted by Crippen LogP contribution is 2.23. The van der Waals surface area contributed by atoms with Gasteiger partial charge in [-0.15, -0.1) is 11.3 Å². The first kappa shape index (κ1) is 18.1. The Morgan fingerprint density at radius 3 is 2.60 bits per heavy atom. The topological polar surface area (TPSA) is 23.6 Å². The molecule has 0 aliphatic carbocycles. The van der Waals surface area contributed by atoms with Gasteiger partial charge in [-0.2, -0.15) is 0 Å². The van der Waals surface area contributed by atoms with E-state index in [1.54, 1.807) is 23.5 Å². The van der Waals surface area contributed by atoms with E-state index >= 15 is 0 Å². The summed E-state index contributed by atoms with van der Waals surface area (Å²) in [6.07, 6.45) is 0.537. The molecule has 5 heteroatoms. The van der Waals surface area contributed by atoms with Crippen molar-refractivity contribution in [3.63, 3.8) is 0 Å². The fraction of sp³-hybridized carbons (Fsp3) is 0.450. The molecule has 0 radical (unpaired) electrons. The Morgan fingerprint density at radius 2 is 1.96 bits per heavy atom. The van der Waals surface area contributed by atoms with Gasteiger partial charge in [0.25, 0.3) is 0 Å². The quantitative estimate of drug-likeness (QED) is 0.800. The summed E-state index contributed by atoms with van der Waals surface area (Å²) in [5.74, 6) is 0.318. The number of nitrogens with zero attached hydrogens (tertiary/aromatic N) is 2. The van der Waals surface area contributed by atoms with Crippen molar-refractivity contribution < 1.29 is 9.18 Å². The average molecular weight is 360 g/mol. The second kappa shape index (κ2) is 8.11. The minimum Gasteiger partial charge on any atom is -0.334 e. The zero-order valence-electron chi connectivity index (χ0n) is 14.8. The SMILES string of the molecule is CC(C)C1CN(Cc2cccs2)CCC(=O)N1Cc1ccc(F)cc1. The highest BCUT2D eigenvalue weighted by atomic mass is 32.1. The van der Waals surface area contributed by atoms with E-state index in [0.29, 0.717) is 18.9 Å². The molecule has 1 aromatic carbocycles. The van der Waals surface area contributed by atoms with Crippen LogP contribution in [0.3, 0.4) is 0 Å². The molecule has 3 nitrogen and oxygen atoms in total. The summed E-state index contributed by atoms with van der Waals surface area (Å²) in [6, 6.07) is 10.9. The van der Waals surface area contributed by atoms with Crippen LogP contribution >= 0.6 is 11.3 Å². The standard InChI is InChI=1S/C20H25FN2OS/c1-15(2)19-14-22(13-18-4-3-11-25-18)10-9-20(24)23(19)12-16-5-7-17(21)8-6-16/h3-8,11,15,19H,9-10,12-14H2,1-2H3. The molecule has 3 rings (SSSR count). The van der Waals surface area contributed by atoms with E-state index < -0.39 is 0 Å². The van der Waals surface area contributed by atoms with Crippen LogP contribution in [0.15, 0.2) is 41.8 Å². The van der Waals surface area contributed by atoms with Gasteiger partial charge in [0.05, 0.1) is 0 Å². The number of carbonyl (C=O) groups is 1. The second-order valence-electron chi connectivity index (χ2n) is 7.02. The Bertz CT molecular complexity index is 684. The van der Waals surface area contributed by atoms with Gasteiger partial charge in [-0.1, -0.05) is 32.0 Å². The summed E-state index contributed by atoms with van der Waals surface area (Å²) in [4.78, 5) is 18.5. The van der Waals surface area contributed by atoms with Crippen LogP contribution in [0.5, 0.6) is 0 Å². The number of amides is 1. The first-order chi connectivity index (χ1) is 12.0. The fourth-order valence-corrected chi connectivity index (χ4v) is 4.11. The van der Waals surface area contributed by atoms with Gasteiger partial charge >= 0.3 is 0 Å². The number of thiophene rings is 1. The molecule has 1 unspecified atom stereocenters. The molecule has 0 saturated carbocycles. The predicted octanol–water partition coefficient (Wildman–Crippen LogP) is 4.15. The van der Waals surface area contributed by atoms with Gasteiger partial charge in [0, 0.05) is 43.5 Å². The molecule has 1 aliphatic rings. The summed E-state index contributed by atoms with van der Waals surface area (Å²) in [5, 5.41) is 2.10. The van der Waals surface area contributed by atoms with Gasteiger partial charge in [-0.05, 0) is 35.1 Å². The van der Waals surface area contributed by atoms with Crippen molar-refractivity contribution in [1.82, 2.24) is 9.80 Å². The molecule has 1 fully saturated rings. The molecule has 1 aliphatic heterocycles. The molecule has 0 bridgehead atoms. The van der Waals surface area contributed by atoms with Crippen LogP contribution in [0.25, 0.3) is 0 Å². The normalized spacial score (nSPS) is 19.4. The Balaban J connectivity index is 1.76. The summed E-state index contributed by atoms with van der Waals surface area (Å²) < 4.78 is 13.2. The molecule has 1 aromatic heterocycles. The summed E-state index contributed by atoms with van der Waals surface area (Å²) in [7, 11) is 0. The Kier molecular flexibility index (Phi) is 5.86. The average Bonchev–Trinajstić information content (AvgIpc) is 3.04. The van der Waals surface area contributed by atoms with Crippen LogP contribution in [0.2, 0.25) is 0 Å². The maximum atomic E-state index is 13.2. The van der Waals surface area contributed by atoms with Crippen molar-refractivity contribution in [2.24, 2.45) is 5.92 Å². The van der Waals surface area contributed by atoms with E-state index in [1.165, 1.54) is 17.0 Å². The third-order valence-electron chi connectivity index (χ3n) is 4.80. The number of hydrogen-bond donors (Lipinski definition) is 0. The third kappa shape index (κ3) is 4.67. The fourth-order valence-electron chi connectivity index (χ4n) is 3.37. The van der Waals surface area contributed by atoms with Crippen LogP contribution < -0.4 is 0 Å². The number of benzene rings is 1. The zero-order valence-corrected chi connectivity index (χ0v) is 15.6. The summed E-state index contributed by atoms with van der Waals surface area (Å²) >= 11 is 1.76. The van der Waals surface area contributed by atoms with E-state index in [9.17, 15) is 9.18 Å². The van der Waals surface area contributed by atoms with E-state index in [0.717, 1.165) is 25.2 Å². The van der Waals surface area contributed by atoms with Crippen molar-refractivity contribution in [3.8, 4) is 0 Å². The van der Waals surface area contributed by atoms with Crippen LogP contribution in [-0.4, -0.2) is 34.8 Å². The minimum absolute atomic E-state index is 0.167. The highest BCUT2D eigenvalue weighted by molar-refractivity contribution is 7.09. The molecule has 0 N–H and O–H groups in total. The second-order valence-corrected chi connectivity index (χ2v) is 8.06. The largest absolute Gasteiger partial charge is 0.334 e. The maximum absolute atomic E-state index is 13.2. The van der Waals surface area contributed by atoms with Crippen LogP contribution in [0, 0.1) is 11.7 Å². The van der Waals surface area contributed by atoms with Crippen molar-refractivity contribution >= 4 is 17.2 Å². The third-order valence-corrected chi connectivity index (χ3v) is 5.66. The van der Waals surface area contributed by atoms with Crippen LogP contribution in [0.4, 0.5) is 4.39 Å². The molecule has 2 heterocycles. The number of rotatable bonds is 5. The molecule has 1 atom stereocenters. The molecule has 1 amide bonds. The van der Waals surface area contributed by atoms with Crippen LogP contribution in [-0.2, 0) is 17.9 Å². The van der Waals surface area contributed by atoms with E-state index in [4.69, 9.17) is 0 Å². The minimum atomic E-state index is -0.242. The smallest absolute Gasteiger partial charge is 0.224 e. The first-order valence-corrected chi connectivity index (χ1v) is 9.69. The van der Waals surface area contributed by atoms with Gasteiger partial charge < -0.3 is 4.90 Å². The van der Waals surface area contributed by atoms with Crippen molar-refractivity contribution in [3.05, 3.63) is 58.0 Å². The van der Waals surface area contributed by atoms with Gasteiger partial charge in [0.1, 0.15) is 5.82 Å². The summed E-state index contributed by atoms with van der Waals surface area (Å²) in [6.45, 7) is 7.46. The summed E-state index contributed by atoms with van der Waals surface area (Å²) in [5.41, 5.74) is 0.979. The maximum Gasteiger partial charge on any atom is 0.224 e. The number of halogens is 1. The van der Waals surface area contributed by atoms with E-state index in [2.05, 4.69) is 36.3 Å². The first-order valence-electron chi connectivity index (χ1n) is 8.81. The van der Waals surface area contributed by atoms with Crippen molar-refractivity contribution in [1.29, 1.82) is 0 Å². The number of hydrogen-bond acceptors (Lipinski definition) is 3. The number of carbonyl (C=O) groups excluding carboxylic acids is 1. The molecule has 1 saturated heterocycles.